The molecule has 0 bridgehead atoms. The Labute approximate surface area is 90.8 Å². The van der Waals surface area contributed by atoms with Gasteiger partial charge in [-0.25, -0.2) is 0 Å². The van der Waals surface area contributed by atoms with Crippen LogP contribution in [0.3, 0.4) is 0 Å². The standard InChI is InChI=1S/C11H19NO3/c1-10-3-5-12(6-4-10)11(13)9-15-8-7-14-2/h3H,4-9H2,1-2H3. The number of carbonyl (C=O) groups excluding carboxylic acids is 1. The monoisotopic (exact) mass is 213 g/mol. The molecule has 1 heterocycles. The lowest BCUT2D eigenvalue weighted by molar-refractivity contribution is -0.136. The fourth-order valence-corrected chi connectivity index (χ4v) is 1.39. The van der Waals surface area contributed by atoms with Gasteiger partial charge in [0.05, 0.1) is 13.2 Å². The van der Waals surface area contributed by atoms with Gasteiger partial charge in [0.25, 0.3) is 0 Å². The van der Waals surface area contributed by atoms with Crippen LogP contribution in [0.5, 0.6) is 0 Å². The van der Waals surface area contributed by atoms with Crippen LogP contribution in [0.25, 0.3) is 0 Å². The summed E-state index contributed by atoms with van der Waals surface area (Å²) in [4.78, 5) is 13.4. The van der Waals surface area contributed by atoms with Gasteiger partial charge >= 0.3 is 0 Å². The number of ether oxygens (including phenoxy) is 2. The summed E-state index contributed by atoms with van der Waals surface area (Å²) in [6, 6.07) is 0. The van der Waals surface area contributed by atoms with Gasteiger partial charge in [0.15, 0.2) is 0 Å². The van der Waals surface area contributed by atoms with Gasteiger partial charge in [-0.15, -0.1) is 0 Å². The minimum absolute atomic E-state index is 0.0647. The Balaban J connectivity index is 2.17. The molecule has 0 N–H and O–H groups in total. The molecule has 0 aromatic heterocycles. The highest BCUT2D eigenvalue weighted by atomic mass is 16.5. The highest BCUT2D eigenvalue weighted by Crippen LogP contribution is 2.09. The Morgan fingerprint density at radius 1 is 1.53 bits per heavy atom. The normalized spacial score (nSPS) is 16.4. The van der Waals surface area contributed by atoms with Crippen molar-refractivity contribution in [1.29, 1.82) is 0 Å². The number of rotatable bonds is 5. The molecule has 4 heteroatoms. The number of hydrogen-bond donors (Lipinski definition) is 0. The van der Waals surface area contributed by atoms with Gasteiger partial charge in [-0.2, -0.15) is 0 Å². The van der Waals surface area contributed by atoms with Crippen LogP contribution in [0.4, 0.5) is 0 Å². The van der Waals surface area contributed by atoms with Gasteiger partial charge in [-0.3, -0.25) is 4.79 Å². The first-order valence-electron chi connectivity index (χ1n) is 5.24. The van der Waals surface area contributed by atoms with E-state index in [-0.39, 0.29) is 12.5 Å². The van der Waals surface area contributed by atoms with Crippen molar-refractivity contribution in [3.8, 4) is 0 Å². The molecular weight excluding hydrogens is 194 g/mol. The molecule has 1 amide bonds. The number of carbonyl (C=O) groups is 1. The van der Waals surface area contributed by atoms with Crippen LogP contribution in [0.1, 0.15) is 13.3 Å². The zero-order valence-corrected chi connectivity index (χ0v) is 9.49. The molecule has 0 saturated carbocycles. The number of nitrogens with zero attached hydrogens (tertiary/aromatic N) is 1. The third-order valence-electron chi connectivity index (χ3n) is 2.45. The number of methoxy groups -OCH3 is 1. The van der Waals surface area contributed by atoms with Crippen molar-refractivity contribution in [2.45, 2.75) is 13.3 Å². The second-order valence-electron chi connectivity index (χ2n) is 3.69. The fourth-order valence-electron chi connectivity index (χ4n) is 1.39. The van der Waals surface area contributed by atoms with Crippen LogP contribution in [0.2, 0.25) is 0 Å². The van der Waals surface area contributed by atoms with Gasteiger partial charge in [-0.1, -0.05) is 11.6 Å². The van der Waals surface area contributed by atoms with E-state index >= 15 is 0 Å². The summed E-state index contributed by atoms with van der Waals surface area (Å²) in [5.74, 6) is 0.0647. The molecule has 0 saturated heterocycles. The highest BCUT2D eigenvalue weighted by molar-refractivity contribution is 5.77. The van der Waals surface area contributed by atoms with Crippen molar-refractivity contribution in [3.63, 3.8) is 0 Å². The molecule has 0 spiro atoms. The molecule has 1 aliphatic rings. The Kier molecular flexibility index (Phi) is 5.36. The fraction of sp³-hybridized carbons (Fsp3) is 0.727. The minimum atomic E-state index is 0.0647. The maximum atomic E-state index is 11.6. The predicted molar refractivity (Wildman–Crippen MR) is 57.6 cm³/mol. The van der Waals surface area contributed by atoms with E-state index in [0.29, 0.717) is 13.2 Å². The smallest absolute Gasteiger partial charge is 0.248 e. The van der Waals surface area contributed by atoms with E-state index in [4.69, 9.17) is 9.47 Å². The number of amides is 1. The van der Waals surface area contributed by atoms with Gasteiger partial charge in [0.2, 0.25) is 5.91 Å². The van der Waals surface area contributed by atoms with E-state index in [1.165, 1.54) is 5.57 Å². The molecule has 0 unspecified atom stereocenters. The average Bonchev–Trinajstić information content (AvgIpc) is 2.25. The summed E-state index contributed by atoms with van der Waals surface area (Å²) in [5.41, 5.74) is 1.36. The van der Waals surface area contributed by atoms with Crippen LogP contribution in [-0.4, -0.2) is 50.8 Å². The third kappa shape index (κ3) is 4.44. The van der Waals surface area contributed by atoms with E-state index in [9.17, 15) is 4.79 Å². The van der Waals surface area contributed by atoms with E-state index in [1.54, 1.807) is 7.11 Å². The SMILES string of the molecule is COCCOCC(=O)N1CC=C(C)CC1. The largest absolute Gasteiger partial charge is 0.382 e. The molecule has 1 aliphatic heterocycles. The quantitative estimate of drug-likeness (QED) is 0.501. The predicted octanol–water partition coefficient (Wildman–Crippen LogP) is 0.828. The first-order valence-corrected chi connectivity index (χ1v) is 5.24. The van der Waals surface area contributed by atoms with Crippen molar-refractivity contribution in [2.24, 2.45) is 0 Å². The van der Waals surface area contributed by atoms with E-state index < -0.39 is 0 Å². The Morgan fingerprint density at radius 3 is 2.93 bits per heavy atom. The van der Waals surface area contributed by atoms with E-state index in [0.717, 1.165) is 19.5 Å². The van der Waals surface area contributed by atoms with Crippen molar-refractivity contribution < 1.29 is 14.3 Å². The third-order valence-corrected chi connectivity index (χ3v) is 2.45. The van der Waals surface area contributed by atoms with Crippen molar-refractivity contribution in [2.75, 3.05) is 40.0 Å². The highest BCUT2D eigenvalue weighted by Gasteiger charge is 2.15. The molecule has 15 heavy (non-hydrogen) atoms. The molecule has 0 fully saturated rings. The first-order chi connectivity index (χ1) is 7.24. The number of hydrogen-bond acceptors (Lipinski definition) is 3. The minimum Gasteiger partial charge on any atom is -0.382 e. The van der Waals surface area contributed by atoms with Crippen LogP contribution in [0, 0.1) is 0 Å². The second-order valence-corrected chi connectivity index (χ2v) is 3.69. The topological polar surface area (TPSA) is 38.8 Å². The molecule has 4 nitrogen and oxygen atoms in total. The van der Waals surface area contributed by atoms with Gasteiger partial charge in [0, 0.05) is 20.2 Å². The lowest BCUT2D eigenvalue weighted by Gasteiger charge is -2.25. The molecule has 0 aromatic rings. The molecule has 0 radical (unpaired) electrons. The molecule has 0 aromatic carbocycles. The first kappa shape index (κ1) is 12.2. The molecular formula is C11H19NO3. The average molecular weight is 213 g/mol. The van der Waals surface area contributed by atoms with Crippen LogP contribution in [-0.2, 0) is 14.3 Å². The van der Waals surface area contributed by atoms with E-state index in [2.05, 4.69) is 13.0 Å². The molecule has 0 atom stereocenters. The molecule has 86 valence electrons. The van der Waals surface area contributed by atoms with Crippen molar-refractivity contribution >= 4 is 5.91 Å². The van der Waals surface area contributed by atoms with Crippen molar-refractivity contribution in [1.82, 2.24) is 4.90 Å². The Morgan fingerprint density at radius 2 is 2.33 bits per heavy atom. The summed E-state index contributed by atoms with van der Waals surface area (Å²) in [6.45, 7) is 4.80. The van der Waals surface area contributed by atoms with Gasteiger partial charge < -0.3 is 14.4 Å². The lowest BCUT2D eigenvalue weighted by atomic mass is 10.1. The van der Waals surface area contributed by atoms with Crippen LogP contribution >= 0.6 is 0 Å². The van der Waals surface area contributed by atoms with Gasteiger partial charge in [-0.05, 0) is 13.3 Å². The van der Waals surface area contributed by atoms with Gasteiger partial charge in [0.1, 0.15) is 6.61 Å². The van der Waals surface area contributed by atoms with Crippen LogP contribution < -0.4 is 0 Å². The second kappa shape index (κ2) is 6.58. The summed E-state index contributed by atoms with van der Waals surface area (Å²) >= 11 is 0. The zero-order chi connectivity index (χ0) is 11.1. The maximum absolute atomic E-state index is 11.6. The van der Waals surface area contributed by atoms with Crippen molar-refractivity contribution in [3.05, 3.63) is 11.6 Å². The summed E-state index contributed by atoms with van der Waals surface area (Å²) in [5, 5.41) is 0. The summed E-state index contributed by atoms with van der Waals surface area (Å²) in [6.07, 6.45) is 3.07. The maximum Gasteiger partial charge on any atom is 0.248 e. The molecule has 0 aliphatic carbocycles. The van der Waals surface area contributed by atoms with Crippen LogP contribution in [0.15, 0.2) is 11.6 Å². The van der Waals surface area contributed by atoms with E-state index in [1.807, 2.05) is 4.90 Å². The zero-order valence-electron chi connectivity index (χ0n) is 9.49. The Hall–Kier alpha value is -0.870. The Bertz CT molecular complexity index is 238. The molecule has 1 rings (SSSR count). The lowest BCUT2D eigenvalue weighted by Crippen LogP contribution is -2.37. The summed E-state index contributed by atoms with van der Waals surface area (Å²) < 4.78 is 10.0. The summed E-state index contributed by atoms with van der Waals surface area (Å²) in [7, 11) is 1.61.